The van der Waals surface area contributed by atoms with Crippen LogP contribution in [0.4, 0.5) is 0 Å². The summed E-state index contributed by atoms with van der Waals surface area (Å²) in [6.45, 7) is 1.84. The Bertz CT molecular complexity index is 455. The summed E-state index contributed by atoms with van der Waals surface area (Å²) < 4.78 is 1.53. The quantitative estimate of drug-likeness (QED) is 0.699. The number of aromatic amines is 1. The average Bonchev–Trinajstić information content (AvgIpc) is 2.47. The van der Waals surface area contributed by atoms with E-state index >= 15 is 0 Å². The van der Waals surface area contributed by atoms with Crippen LogP contribution in [0.5, 0.6) is 0 Å². The molecule has 0 spiro atoms. The molecule has 0 aliphatic rings. The van der Waals surface area contributed by atoms with E-state index < -0.39 is 0 Å². The number of H-pyrrole nitrogens is 1. The molecule has 4 nitrogen and oxygen atoms in total. The van der Waals surface area contributed by atoms with E-state index in [4.69, 9.17) is 0 Å². The third kappa shape index (κ3) is 1.38. The van der Waals surface area contributed by atoms with Crippen molar-refractivity contribution in [1.29, 1.82) is 0 Å². The van der Waals surface area contributed by atoms with Gasteiger partial charge in [-0.05, 0) is 19.1 Å². The molecule has 2 aromatic heterocycles. The van der Waals surface area contributed by atoms with E-state index in [9.17, 15) is 4.79 Å². The highest BCUT2D eigenvalue weighted by Gasteiger charge is 2.00. The van der Waals surface area contributed by atoms with Crippen molar-refractivity contribution >= 4 is 0 Å². The van der Waals surface area contributed by atoms with E-state index in [2.05, 4.69) is 9.97 Å². The highest BCUT2D eigenvalue weighted by atomic mass is 16.1. The van der Waals surface area contributed by atoms with Crippen molar-refractivity contribution < 1.29 is 0 Å². The van der Waals surface area contributed by atoms with Gasteiger partial charge >= 0.3 is 5.69 Å². The van der Waals surface area contributed by atoms with Gasteiger partial charge in [-0.15, -0.1) is 0 Å². The van der Waals surface area contributed by atoms with E-state index in [1.54, 1.807) is 24.7 Å². The summed E-state index contributed by atoms with van der Waals surface area (Å²) in [5, 5.41) is 0. The molecule has 0 aliphatic heterocycles. The van der Waals surface area contributed by atoms with Crippen LogP contribution >= 0.6 is 0 Å². The van der Waals surface area contributed by atoms with Crippen LogP contribution in [0.25, 0.3) is 5.69 Å². The minimum atomic E-state index is -0.134. The Morgan fingerprint density at radius 3 is 2.92 bits per heavy atom. The molecule has 13 heavy (non-hydrogen) atoms. The number of nitrogens with zero attached hydrogens (tertiary/aromatic N) is 2. The summed E-state index contributed by atoms with van der Waals surface area (Å²) >= 11 is 0. The average molecular weight is 175 g/mol. The van der Waals surface area contributed by atoms with Gasteiger partial charge in [0.2, 0.25) is 0 Å². The van der Waals surface area contributed by atoms with Crippen LogP contribution in [-0.4, -0.2) is 14.5 Å². The fraction of sp³-hybridized carbons (Fsp3) is 0.111. The standard InChI is InChI=1S/C9H9N3O/c1-7-6-12(9(13)11-7)8-3-2-4-10-5-8/h2-6H,1H3,(H,11,13). The Labute approximate surface area is 74.9 Å². The highest BCUT2D eigenvalue weighted by molar-refractivity contribution is 5.27. The first-order valence-corrected chi connectivity index (χ1v) is 3.96. The lowest BCUT2D eigenvalue weighted by Gasteiger charge is -1.97. The van der Waals surface area contributed by atoms with Crippen molar-refractivity contribution in [1.82, 2.24) is 14.5 Å². The molecule has 0 fully saturated rings. The third-order valence-electron chi connectivity index (χ3n) is 1.77. The topological polar surface area (TPSA) is 50.7 Å². The zero-order valence-corrected chi connectivity index (χ0v) is 7.19. The third-order valence-corrected chi connectivity index (χ3v) is 1.77. The Kier molecular flexibility index (Phi) is 1.73. The van der Waals surface area contributed by atoms with Crippen molar-refractivity contribution in [2.45, 2.75) is 6.92 Å². The number of aryl methyl sites for hydroxylation is 1. The van der Waals surface area contributed by atoms with E-state index in [1.165, 1.54) is 4.57 Å². The molecule has 1 N–H and O–H groups in total. The summed E-state index contributed by atoms with van der Waals surface area (Å²) in [6, 6.07) is 3.63. The first kappa shape index (κ1) is 7.79. The first-order valence-electron chi connectivity index (χ1n) is 3.96. The van der Waals surface area contributed by atoms with E-state index in [1.807, 2.05) is 13.0 Å². The zero-order chi connectivity index (χ0) is 9.26. The summed E-state index contributed by atoms with van der Waals surface area (Å²) in [5.74, 6) is 0. The van der Waals surface area contributed by atoms with Crippen molar-refractivity contribution in [2.24, 2.45) is 0 Å². The maximum atomic E-state index is 11.3. The minimum absolute atomic E-state index is 0.134. The number of imidazole rings is 1. The molecule has 0 unspecified atom stereocenters. The molecule has 0 amide bonds. The van der Waals surface area contributed by atoms with Gasteiger partial charge in [-0.1, -0.05) is 0 Å². The van der Waals surface area contributed by atoms with Crippen molar-refractivity contribution in [2.75, 3.05) is 0 Å². The lowest BCUT2D eigenvalue weighted by atomic mass is 10.4. The van der Waals surface area contributed by atoms with Crippen LogP contribution < -0.4 is 5.69 Å². The van der Waals surface area contributed by atoms with Gasteiger partial charge in [0.25, 0.3) is 0 Å². The van der Waals surface area contributed by atoms with Gasteiger partial charge < -0.3 is 4.98 Å². The number of aromatic nitrogens is 3. The number of pyridine rings is 1. The fourth-order valence-corrected chi connectivity index (χ4v) is 1.20. The van der Waals surface area contributed by atoms with Gasteiger partial charge in [0, 0.05) is 18.1 Å². The predicted octanol–water partition coefficient (Wildman–Crippen LogP) is 0.869. The molecule has 0 atom stereocenters. The maximum absolute atomic E-state index is 11.3. The lowest BCUT2D eigenvalue weighted by Crippen LogP contribution is -2.13. The van der Waals surface area contributed by atoms with Crippen LogP contribution in [0.3, 0.4) is 0 Å². The molecule has 4 heteroatoms. The molecule has 0 radical (unpaired) electrons. The van der Waals surface area contributed by atoms with Crippen LogP contribution in [0.15, 0.2) is 35.5 Å². The molecule has 2 heterocycles. The Morgan fingerprint density at radius 1 is 1.54 bits per heavy atom. The smallest absolute Gasteiger partial charge is 0.310 e. The SMILES string of the molecule is Cc1cn(-c2cccnc2)c(=O)[nH]1. The van der Waals surface area contributed by atoms with Crippen LogP contribution in [0.2, 0.25) is 0 Å². The Morgan fingerprint density at radius 2 is 2.38 bits per heavy atom. The lowest BCUT2D eigenvalue weighted by molar-refractivity contribution is 0.976. The summed E-state index contributed by atoms with van der Waals surface area (Å²) in [5.41, 5.74) is 1.48. The second kappa shape index (κ2) is 2.90. The number of nitrogens with one attached hydrogen (secondary N) is 1. The monoisotopic (exact) mass is 175 g/mol. The largest absolute Gasteiger partial charge is 0.330 e. The van der Waals surface area contributed by atoms with Gasteiger partial charge in [0.1, 0.15) is 0 Å². The molecule has 0 aliphatic carbocycles. The van der Waals surface area contributed by atoms with E-state index in [0.717, 1.165) is 11.4 Å². The van der Waals surface area contributed by atoms with Gasteiger partial charge in [-0.25, -0.2) is 4.79 Å². The van der Waals surface area contributed by atoms with Crippen molar-refractivity contribution in [3.8, 4) is 5.69 Å². The second-order valence-electron chi connectivity index (χ2n) is 2.82. The zero-order valence-electron chi connectivity index (χ0n) is 7.19. The molecule has 0 saturated heterocycles. The molecular weight excluding hydrogens is 166 g/mol. The summed E-state index contributed by atoms with van der Waals surface area (Å²) in [6.07, 6.45) is 5.07. The summed E-state index contributed by atoms with van der Waals surface area (Å²) in [4.78, 5) is 17.9. The van der Waals surface area contributed by atoms with Crippen LogP contribution in [0.1, 0.15) is 5.69 Å². The Hall–Kier alpha value is -1.84. The Balaban J connectivity index is 2.59. The molecule has 2 rings (SSSR count). The molecular formula is C9H9N3O. The normalized spacial score (nSPS) is 10.2. The van der Waals surface area contributed by atoms with Gasteiger partial charge in [0.15, 0.2) is 0 Å². The molecule has 0 aromatic carbocycles. The highest BCUT2D eigenvalue weighted by Crippen LogP contribution is 2.01. The van der Waals surface area contributed by atoms with E-state index in [0.29, 0.717) is 0 Å². The number of hydrogen-bond donors (Lipinski definition) is 1. The number of hydrogen-bond acceptors (Lipinski definition) is 2. The van der Waals surface area contributed by atoms with E-state index in [-0.39, 0.29) is 5.69 Å². The van der Waals surface area contributed by atoms with Gasteiger partial charge in [-0.3, -0.25) is 9.55 Å². The van der Waals surface area contributed by atoms with Crippen LogP contribution in [-0.2, 0) is 0 Å². The molecule has 0 saturated carbocycles. The predicted molar refractivity (Wildman–Crippen MR) is 48.9 cm³/mol. The van der Waals surface area contributed by atoms with Crippen LogP contribution in [0, 0.1) is 6.92 Å². The first-order chi connectivity index (χ1) is 6.27. The minimum Gasteiger partial charge on any atom is -0.310 e. The number of rotatable bonds is 1. The van der Waals surface area contributed by atoms with Crippen molar-refractivity contribution in [3.05, 3.63) is 46.9 Å². The van der Waals surface area contributed by atoms with Gasteiger partial charge in [0.05, 0.1) is 11.9 Å². The molecule has 2 aromatic rings. The second-order valence-corrected chi connectivity index (χ2v) is 2.82. The maximum Gasteiger partial charge on any atom is 0.330 e. The fourth-order valence-electron chi connectivity index (χ4n) is 1.20. The van der Waals surface area contributed by atoms with Crippen molar-refractivity contribution in [3.63, 3.8) is 0 Å². The molecule has 66 valence electrons. The van der Waals surface area contributed by atoms with Gasteiger partial charge in [-0.2, -0.15) is 0 Å². The summed E-state index contributed by atoms with van der Waals surface area (Å²) in [7, 11) is 0. The molecule has 0 bridgehead atoms.